The summed E-state index contributed by atoms with van der Waals surface area (Å²) in [5.74, 6) is -1.14. The molecule has 0 heterocycles. The molecule has 0 fully saturated rings. The molecule has 0 saturated heterocycles. The quantitative estimate of drug-likeness (QED) is 0.838. The fourth-order valence-electron chi connectivity index (χ4n) is 1.72. The van der Waals surface area contributed by atoms with E-state index in [1.807, 2.05) is 18.7 Å². The van der Waals surface area contributed by atoms with Crippen LogP contribution < -0.4 is 5.73 Å². The number of hydrogen-bond donors (Lipinski definition) is 1. The van der Waals surface area contributed by atoms with Crippen molar-refractivity contribution in [3.8, 4) is 0 Å². The fourth-order valence-corrected chi connectivity index (χ4v) is 1.72. The number of likely N-dealkylation sites (N-methyl/N-ethyl adjacent to an activating group) is 1. The van der Waals surface area contributed by atoms with E-state index < -0.39 is 17.7 Å². The van der Waals surface area contributed by atoms with Gasteiger partial charge < -0.3 is 10.6 Å². The first-order valence-corrected chi connectivity index (χ1v) is 5.52. The van der Waals surface area contributed by atoms with E-state index in [1.165, 1.54) is 18.2 Å². The monoisotopic (exact) mass is 228 g/mol. The maximum absolute atomic E-state index is 13.4. The Morgan fingerprint density at radius 3 is 2.12 bits per heavy atom. The van der Waals surface area contributed by atoms with E-state index >= 15 is 0 Å². The van der Waals surface area contributed by atoms with Gasteiger partial charge in [0.25, 0.3) is 0 Å². The summed E-state index contributed by atoms with van der Waals surface area (Å²) in [4.78, 5) is 2.04. The Balaban J connectivity index is 2.83. The lowest BCUT2D eigenvalue weighted by molar-refractivity contribution is 0.280. The molecule has 90 valence electrons. The minimum Gasteiger partial charge on any atom is -0.323 e. The van der Waals surface area contributed by atoms with E-state index in [0.29, 0.717) is 6.54 Å². The smallest absolute Gasteiger partial charge is 0.130 e. The topological polar surface area (TPSA) is 29.3 Å². The first-order chi connectivity index (χ1) is 7.60. The van der Waals surface area contributed by atoms with Crippen molar-refractivity contribution in [3.63, 3.8) is 0 Å². The number of nitrogens with zero attached hydrogens (tertiary/aromatic N) is 1. The van der Waals surface area contributed by atoms with Crippen molar-refractivity contribution < 1.29 is 8.78 Å². The van der Waals surface area contributed by atoms with Crippen molar-refractivity contribution in [3.05, 3.63) is 35.4 Å². The van der Waals surface area contributed by atoms with Gasteiger partial charge in [-0.3, -0.25) is 0 Å². The second-order valence-corrected chi connectivity index (χ2v) is 3.73. The lowest BCUT2D eigenvalue weighted by Gasteiger charge is -2.23. The Kier molecular flexibility index (Phi) is 4.83. The van der Waals surface area contributed by atoms with E-state index in [4.69, 9.17) is 5.73 Å². The number of hydrogen-bond acceptors (Lipinski definition) is 2. The molecule has 2 N–H and O–H groups in total. The molecule has 0 amide bonds. The average Bonchev–Trinajstić information content (AvgIpc) is 2.25. The number of halogens is 2. The molecule has 0 bridgehead atoms. The van der Waals surface area contributed by atoms with Crippen LogP contribution in [0.2, 0.25) is 0 Å². The zero-order valence-corrected chi connectivity index (χ0v) is 9.71. The number of rotatable bonds is 5. The molecule has 1 aromatic rings. The Labute approximate surface area is 95.1 Å². The second kappa shape index (κ2) is 5.92. The largest absolute Gasteiger partial charge is 0.323 e. The van der Waals surface area contributed by atoms with Crippen molar-refractivity contribution in [1.82, 2.24) is 4.90 Å². The molecule has 1 rings (SSSR count). The van der Waals surface area contributed by atoms with Crippen LogP contribution >= 0.6 is 0 Å². The molecular formula is C12H18F2N2. The minimum atomic E-state index is -0.624. The Morgan fingerprint density at radius 2 is 1.69 bits per heavy atom. The van der Waals surface area contributed by atoms with Crippen LogP contribution in [0, 0.1) is 11.6 Å². The molecule has 1 unspecified atom stereocenters. The van der Waals surface area contributed by atoms with Gasteiger partial charge >= 0.3 is 0 Å². The van der Waals surface area contributed by atoms with Gasteiger partial charge in [0, 0.05) is 18.2 Å². The Morgan fingerprint density at radius 1 is 1.19 bits per heavy atom. The van der Waals surface area contributed by atoms with E-state index in [0.717, 1.165) is 13.1 Å². The molecule has 0 radical (unpaired) electrons. The molecular weight excluding hydrogens is 210 g/mol. The van der Waals surface area contributed by atoms with Crippen LogP contribution in [0.25, 0.3) is 0 Å². The third kappa shape index (κ3) is 3.00. The molecule has 1 atom stereocenters. The first-order valence-electron chi connectivity index (χ1n) is 5.52. The molecule has 0 saturated carbocycles. The second-order valence-electron chi connectivity index (χ2n) is 3.73. The molecule has 0 aliphatic rings. The van der Waals surface area contributed by atoms with Crippen LogP contribution in [-0.2, 0) is 0 Å². The normalized spacial score (nSPS) is 13.1. The molecule has 0 aliphatic heterocycles. The standard InChI is InChI=1S/C12H18F2N2/c1-3-16(4-2)8-11(15)12-9(13)6-5-7-10(12)14/h5-7,11H,3-4,8,15H2,1-2H3. The minimum absolute atomic E-state index is 0.0191. The van der Waals surface area contributed by atoms with E-state index in [2.05, 4.69) is 0 Å². The highest BCUT2D eigenvalue weighted by Crippen LogP contribution is 2.19. The molecule has 1 aromatic carbocycles. The van der Waals surface area contributed by atoms with Gasteiger partial charge in [0.05, 0.1) is 0 Å². The zero-order chi connectivity index (χ0) is 12.1. The average molecular weight is 228 g/mol. The summed E-state index contributed by atoms with van der Waals surface area (Å²) in [5.41, 5.74) is 5.81. The van der Waals surface area contributed by atoms with E-state index in [1.54, 1.807) is 0 Å². The van der Waals surface area contributed by atoms with Crippen molar-refractivity contribution in [2.45, 2.75) is 19.9 Å². The van der Waals surface area contributed by atoms with Gasteiger partial charge in [-0.05, 0) is 25.2 Å². The highest BCUT2D eigenvalue weighted by molar-refractivity contribution is 5.23. The molecule has 0 aromatic heterocycles. The van der Waals surface area contributed by atoms with Gasteiger partial charge in [-0.25, -0.2) is 8.78 Å². The highest BCUT2D eigenvalue weighted by Gasteiger charge is 2.17. The third-order valence-electron chi connectivity index (χ3n) is 2.72. The van der Waals surface area contributed by atoms with Crippen LogP contribution in [0.4, 0.5) is 8.78 Å². The summed E-state index contributed by atoms with van der Waals surface area (Å²) in [6.45, 7) is 6.09. The van der Waals surface area contributed by atoms with Gasteiger partial charge in [-0.1, -0.05) is 19.9 Å². The van der Waals surface area contributed by atoms with Crippen molar-refractivity contribution in [2.24, 2.45) is 5.73 Å². The molecule has 16 heavy (non-hydrogen) atoms. The predicted octanol–water partition coefficient (Wildman–Crippen LogP) is 2.31. The maximum Gasteiger partial charge on any atom is 0.130 e. The van der Waals surface area contributed by atoms with Gasteiger partial charge in [-0.2, -0.15) is 0 Å². The lowest BCUT2D eigenvalue weighted by Crippen LogP contribution is -2.32. The van der Waals surface area contributed by atoms with Crippen molar-refractivity contribution in [1.29, 1.82) is 0 Å². The summed E-state index contributed by atoms with van der Waals surface area (Å²) in [7, 11) is 0. The van der Waals surface area contributed by atoms with Crippen molar-refractivity contribution in [2.75, 3.05) is 19.6 Å². The van der Waals surface area contributed by atoms with Crippen LogP contribution in [0.15, 0.2) is 18.2 Å². The number of nitrogens with two attached hydrogens (primary N) is 1. The fraction of sp³-hybridized carbons (Fsp3) is 0.500. The summed E-state index contributed by atoms with van der Waals surface area (Å²) in [6, 6.07) is 3.19. The van der Waals surface area contributed by atoms with Crippen LogP contribution in [-0.4, -0.2) is 24.5 Å². The van der Waals surface area contributed by atoms with Crippen LogP contribution in [0.3, 0.4) is 0 Å². The van der Waals surface area contributed by atoms with Crippen LogP contribution in [0.5, 0.6) is 0 Å². The Hall–Kier alpha value is -1.00. The van der Waals surface area contributed by atoms with Gasteiger partial charge in [0.1, 0.15) is 11.6 Å². The summed E-state index contributed by atoms with van der Waals surface area (Å²) in [5, 5.41) is 0. The van der Waals surface area contributed by atoms with E-state index in [-0.39, 0.29) is 5.56 Å². The summed E-state index contributed by atoms with van der Waals surface area (Å²) >= 11 is 0. The SMILES string of the molecule is CCN(CC)CC(N)c1c(F)cccc1F. The van der Waals surface area contributed by atoms with Gasteiger partial charge in [-0.15, -0.1) is 0 Å². The summed E-state index contributed by atoms with van der Waals surface area (Å²) in [6.07, 6.45) is 0. The van der Waals surface area contributed by atoms with Gasteiger partial charge in [0.15, 0.2) is 0 Å². The molecule has 2 nitrogen and oxygen atoms in total. The van der Waals surface area contributed by atoms with Gasteiger partial charge in [0.2, 0.25) is 0 Å². The van der Waals surface area contributed by atoms with Crippen LogP contribution in [0.1, 0.15) is 25.5 Å². The molecule has 4 heteroatoms. The highest BCUT2D eigenvalue weighted by atomic mass is 19.1. The van der Waals surface area contributed by atoms with E-state index in [9.17, 15) is 8.78 Å². The van der Waals surface area contributed by atoms with Crippen molar-refractivity contribution >= 4 is 0 Å². The lowest BCUT2D eigenvalue weighted by atomic mass is 10.1. The Bertz CT molecular complexity index is 318. The zero-order valence-electron chi connectivity index (χ0n) is 9.71. The molecule has 0 spiro atoms. The molecule has 0 aliphatic carbocycles. The summed E-state index contributed by atoms with van der Waals surface area (Å²) < 4.78 is 26.8. The maximum atomic E-state index is 13.4. The third-order valence-corrected chi connectivity index (χ3v) is 2.72. The first kappa shape index (κ1) is 13.1. The predicted molar refractivity (Wildman–Crippen MR) is 61.1 cm³/mol. The number of benzene rings is 1.